The number of allylic oxidation sites excluding steroid dienone is 1. The van der Waals surface area contributed by atoms with E-state index < -0.39 is 0 Å². The van der Waals surface area contributed by atoms with Gasteiger partial charge in [-0.25, -0.2) is 0 Å². The number of benzene rings is 2. The quantitative estimate of drug-likeness (QED) is 0.493. The zero-order chi connectivity index (χ0) is 16.2. The van der Waals surface area contributed by atoms with E-state index in [1.807, 2.05) is 24.3 Å². The van der Waals surface area contributed by atoms with Crippen molar-refractivity contribution < 1.29 is 14.3 Å². The summed E-state index contributed by atoms with van der Waals surface area (Å²) in [5.74, 6) is 0.986. The van der Waals surface area contributed by atoms with Crippen LogP contribution in [0.15, 0.2) is 48.0 Å². The van der Waals surface area contributed by atoms with Gasteiger partial charge in [-0.05, 0) is 41.5 Å². The number of nitriles is 1. The van der Waals surface area contributed by atoms with E-state index in [0.717, 1.165) is 23.3 Å². The Morgan fingerprint density at radius 1 is 1.30 bits per heavy atom. The molecule has 2 aromatic carbocycles. The van der Waals surface area contributed by atoms with Gasteiger partial charge >= 0.3 is 0 Å². The van der Waals surface area contributed by atoms with Crippen LogP contribution in [-0.4, -0.2) is 19.5 Å². The number of hydrogen-bond acceptors (Lipinski definition) is 4. The van der Waals surface area contributed by atoms with Crippen molar-refractivity contribution in [2.75, 3.05) is 13.7 Å². The first kappa shape index (κ1) is 14.9. The van der Waals surface area contributed by atoms with Gasteiger partial charge in [0.2, 0.25) is 5.78 Å². The number of ketones is 1. The van der Waals surface area contributed by atoms with Crippen LogP contribution in [0, 0.1) is 11.3 Å². The lowest BCUT2D eigenvalue weighted by atomic mass is 10.00. The molecule has 0 atom stereocenters. The number of carbonyl (C=O) groups is 1. The smallest absolute Gasteiger partial charge is 0.207 e. The van der Waals surface area contributed by atoms with E-state index in [2.05, 4.69) is 0 Å². The van der Waals surface area contributed by atoms with E-state index in [0.29, 0.717) is 17.9 Å². The van der Waals surface area contributed by atoms with E-state index in [1.54, 1.807) is 30.3 Å². The van der Waals surface area contributed by atoms with Crippen molar-refractivity contribution in [1.82, 2.24) is 0 Å². The number of Topliss-reactive ketones (excluding diaryl/α,β-unsaturated/α-hetero) is 1. The van der Waals surface area contributed by atoms with Crippen LogP contribution in [0.1, 0.15) is 21.5 Å². The number of ether oxygens (including phenoxy) is 2. The second kappa shape index (κ2) is 6.37. The minimum Gasteiger partial charge on any atom is -0.496 e. The fourth-order valence-electron chi connectivity index (χ4n) is 2.59. The van der Waals surface area contributed by atoms with Gasteiger partial charge in [0.15, 0.2) is 0 Å². The van der Waals surface area contributed by atoms with Crippen molar-refractivity contribution in [2.45, 2.75) is 6.42 Å². The Labute approximate surface area is 134 Å². The Balaban J connectivity index is 1.96. The Kier molecular flexibility index (Phi) is 4.11. The first-order valence-corrected chi connectivity index (χ1v) is 7.28. The summed E-state index contributed by atoms with van der Waals surface area (Å²) in [5.41, 5.74) is 2.37. The molecule has 1 aliphatic heterocycles. The Morgan fingerprint density at radius 2 is 2.13 bits per heavy atom. The summed E-state index contributed by atoms with van der Waals surface area (Å²) in [7, 11) is 1.50. The summed E-state index contributed by atoms with van der Waals surface area (Å²) in [6.07, 6.45) is 2.45. The molecule has 2 aromatic rings. The molecule has 1 heterocycles. The fraction of sp³-hybridized carbons (Fsp3) is 0.158. The van der Waals surface area contributed by atoms with Gasteiger partial charge in [0.25, 0.3) is 0 Å². The zero-order valence-electron chi connectivity index (χ0n) is 12.7. The highest BCUT2D eigenvalue weighted by Crippen LogP contribution is 2.27. The SMILES string of the molecule is COc1ccccc1C(=O)C(C#N)=Cc1ccc2c(c1)CCO2. The van der Waals surface area contributed by atoms with Gasteiger partial charge in [0.05, 0.1) is 19.3 Å². The number of nitrogens with zero attached hydrogens (tertiary/aromatic N) is 1. The minimum atomic E-state index is -0.346. The summed E-state index contributed by atoms with van der Waals surface area (Å²) in [5, 5.41) is 9.37. The molecule has 0 radical (unpaired) electrons. The molecule has 0 aliphatic carbocycles. The second-order valence-electron chi connectivity index (χ2n) is 5.16. The van der Waals surface area contributed by atoms with Gasteiger partial charge in [-0.1, -0.05) is 18.2 Å². The normalized spacial score (nSPS) is 13.0. The Bertz CT molecular complexity index is 831. The average molecular weight is 305 g/mol. The number of para-hydroxylation sites is 1. The average Bonchev–Trinajstić information content (AvgIpc) is 3.06. The van der Waals surface area contributed by atoms with Crippen molar-refractivity contribution in [3.05, 3.63) is 64.7 Å². The second-order valence-corrected chi connectivity index (χ2v) is 5.16. The third-order valence-electron chi connectivity index (χ3n) is 3.74. The summed E-state index contributed by atoms with van der Waals surface area (Å²) in [6, 6.07) is 14.6. The highest BCUT2D eigenvalue weighted by molar-refractivity contribution is 6.15. The molecule has 114 valence electrons. The van der Waals surface area contributed by atoms with E-state index in [4.69, 9.17) is 9.47 Å². The molecular weight excluding hydrogens is 290 g/mol. The van der Waals surface area contributed by atoms with Gasteiger partial charge in [0, 0.05) is 6.42 Å². The van der Waals surface area contributed by atoms with E-state index in [1.165, 1.54) is 7.11 Å². The third-order valence-corrected chi connectivity index (χ3v) is 3.74. The van der Waals surface area contributed by atoms with Crippen LogP contribution in [0.4, 0.5) is 0 Å². The number of methoxy groups -OCH3 is 1. The van der Waals surface area contributed by atoms with Crippen LogP contribution in [0.3, 0.4) is 0 Å². The number of hydrogen-bond donors (Lipinski definition) is 0. The molecular formula is C19H15NO3. The van der Waals surface area contributed by atoms with Gasteiger partial charge in [-0.3, -0.25) is 4.79 Å². The number of rotatable bonds is 4. The standard InChI is InChI=1S/C19H15NO3/c1-22-18-5-3-2-4-16(18)19(21)15(12-20)11-13-6-7-17-14(10-13)8-9-23-17/h2-7,10-11H,8-9H2,1H3. The van der Waals surface area contributed by atoms with Crippen LogP contribution in [0.25, 0.3) is 6.08 Å². The Hall–Kier alpha value is -3.06. The number of fused-ring (bicyclic) bond motifs is 1. The molecule has 1 aliphatic rings. The predicted molar refractivity (Wildman–Crippen MR) is 86.6 cm³/mol. The predicted octanol–water partition coefficient (Wildman–Crippen LogP) is 3.42. The van der Waals surface area contributed by atoms with Crippen LogP contribution in [0.5, 0.6) is 11.5 Å². The largest absolute Gasteiger partial charge is 0.496 e. The molecule has 0 bridgehead atoms. The topological polar surface area (TPSA) is 59.3 Å². The summed E-state index contributed by atoms with van der Waals surface area (Å²) in [4.78, 5) is 12.6. The maximum atomic E-state index is 12.6. The first-order valence-electron chi connectivity index (χ1n) is 7.28. The maximum absolute atomic E-state index is 12.6. The third kappa shape index (κ3) is 2.95. The number of carbonyl (C=O) groups excluding carboxylic acids is 1. The first-order chi connectivity index (χ1) is 11.2. The van der Waals surface area contributed by atoms with Gasteiger partial charge in [-0.15, -0.1) is 0 Å². The van der Waals surface area contributed by atoms with Crippen LogP contribution in [0.2, 0.25) is 0 Å². The van der Waals surface area contributed by atoms with Crippen LogP contribution < -0.4 is 9.47 Å². The molecule has 0 fully saturated rings. The minimum absolute atomic E-state index is 0.0772. The lowest BCUT2D eigenvalue weighted by Gasteiger charge is -2.06. The maximum Gasteiger partial charge on any atom is 0.207 e. The molecule has 0 amide bonds. The summed E-state index contributed by atoms with van der Waals surface area (Å²) < 4.78 is 10.7. The zero-order valence-corrected chi connectivity index (χ0v) is 12.7. The van der Waals surface area contributed by atoms with E-state index in [-0.39, 0.29) is 11.4 Å². The molecule has 23 heavy (non-hydrogen) atoms. The van der Waals surface area contributed by atoms with Crippen molar-refractivity contribution in [3.63, 3.8) is 0 Å². The molecule has 0 N–H and O–H groups in total. The monoisotopic (exact) mass is 305 g/mol. The molecule has 0 saturated heterocycles. The van der Waals surface area contributed by atoms with Crippen molar-refractivity contribution in [2.24, 2.45) is 0 Å². The fourth-order valence-corrected chi connectivity index (χ4v) is 2.59. The van der Waals surface area contributed by atoms with Crippen LogP contribution in [-0.2, 0) is 6.42 Å². The lowest BCUT2D eigenvalue weighted by Crippen LogP contribution is -2.04. The Morgan fingerprint density at radius 3 is 2.91 bits per heavy atom. The highest BCUT2D eigenvalue weighted by Gasteiger charge is 2.17. The highest BCUT2D eigenvalue weighted by atomic mass is 16.5. The van der Waals surface area contributed by atoms with Gasteiger partial charge in [0.1, 0.15) is 23.1 Å². The molecule has 4 nitrogen and oxygen atoms in total. The molecule has 0 aromatic heterocycles. The van der Waals surface area contributed by atoms with Gasteiger partial charge < -0.3 is 9.47 Å². The lowest BCUT2D eigenvalue weighted by molar-refractivity contribution is 0.103. The van der Waals surface area contributed by atoms with E-state index in [9.17, 15) is 10.1 Å². The van der Waals surface area contributed by atoms with Crippen molar-refractivity contribution in [3.8, 4) is 17.6 Å². The molecule has 4 heteroatoms. The molecule has 3 rings (SSSR count). The van der Waals surface area contributed by atoms with Crippen molar-refractivity contribution >= 4 is 11.9 Å². The van der Waals surface area contributed by atoms with Gasteiger partial charge in [-0.2, -0.15) is 5.26 Å². The van der Waals surface area contributed by atoms with Crippen molar-refractivity contribution in [1.29, 1.82) is 5.26 Å². The molecule has 0 spiro atoms. The van der Waals surface area contributed by atoms with Crippen LogP contribution >= 0.6 is 0 Å². The summed E-state index contributed by atoms with van der Waals surface area (Å²) >= 11 is 0. The molecule has 0 saturated carbocycles. The molecule has 0 unspecified atom stereocenters. The summed E-state index contributed by atoms with van der Waals surface area (Å²) in [6.45, 7) is 0.674. The van der Waals surface area contributed by atoms with E-state index >= 15 is 0 Å².